The van der Waals surface area contributed by atoms with Crippen molar-refractivity contribution in [3.05, 3.63) is 59.2 Å². The summed E-state index contributed by atoms with van der Waals surface area (Å²) in [6.45, 7) is 7.26. The minimum Gasteiger partial charge on any atom is -0.497 e. The van der Waals surface area contributed by atoms with Crippen molar-refractivity contribution in [2.75, 3.05) is 38.2 Å². The third-order valence-corrected chi connectivity index (χ3v) is 4.47. The van der Waals surface area contributed by atoms with Crippen LogP contribution in [0.15, 0.2) is 42.5 Å². The van der Waals surface area contributed by atoms with Crippen molar-refractivity contribution in [3.8, 4) is 5.75 Å². The van der Waals surface area contributed by atoms with Gasteiger partial charge in [0.2, 0.25) is 0 Å². The van der Waals surface area contributed by atoms with Gasteiger partial charge in [0.05, 0.1) is 7.11 Å². The number of carbonyl (C=O) groups excluding carboxylic acids is 1. The van der Waals surface area contributed by atoms with Crippen LogP contribution in [-0.4, -0.2) is 44.1 Å². The van der Waals surface area contributed by atoms with Gasteiger partial charge in [0.1, 0.15) is 5.75 Å². The van der Waals surface area contributed by atoms with Crippen LogP contribution in [0.5, 0.6) is 5.75 Å². The highest BCUT2D eigenvalue weighted by Crippen LogP contribution is 2.21. The van der Waals surface area contributed by atoms with Crippen molar-refractivity contribution in [3.63, 3.8) is 0 Å². The Morgan fingerprint density at radius 3 is 2.04 bits per heavy atom. The van der Waals surface area contributed by atoms with Crippen LogP contribution in [0, 0.1) is 13.8 Å². The first-order chi connectivity index (χ1) is 11.6. The lowest BCUT2D eigenvalue weighted by atomic mass is 10.1. The van der Waals surface area contributed by atoms with Gasteiger partial charge in [0.15, 0.2) is 0 Å². The summed E-state index contributed by atoms with van der Waals surface area (Å²) in [6, 6.07) is 14.1. The van der Waals surface area contributed by atoms with Gasteiger partial charge in [0.25, 0.3) is 5.91 Å². The average molecular weight is 324 g/mol. The van der Waals surface area contributed by atoms with E-state index >= 15 is 0 Å². The molecule has 2 aromatic carbocycles. The van der Waals surface area contributed by atoms with Crippen LogP contribution in [0.2, 0.25) is 0 Å². The molecular weight excluding hydrogens is 300 g/mol. The first-order valence-corrected chi connectivity index (χ1v) is 8.33. The predicted octanol–water partition coefficient (Wildman–Crippen LogP) is 3.27. The molecule has 0 aliphatic carbocycles. The highest BCUT2D eigenvalue weighted by atomic mass is 16.5. The summed E-state index contributed by atoms with van der Waals surface area (Å²) in [6.07, 6.45) is 0. The molecule has 1 aliphatic heterocycles. The van der Waals surface area contributed by atoms with E-state index in [2.05, 4.69) is 23.1 Å². The number of rotatable bonds is 3. The Morgan fingerprint density at radius 2 is 1.50 bits per heavy atom. The van der Waals surface area contributed by atoms with E-state index < -0.39 is 0 Å². The highest BCUT2D eigenvalue weighted by molar-refractivity contribution is 5.94. The van der Waals surface area contributed by atoms with Gasteiger partial charge in [0, 0.05) is 37.4 Å². The first kappa shape index (κ1) is 16.4. The van der Waals surface area contributed by atoms with E-state index in [-0.39, 0.29) is 5.91 Å². The molecule has 1 amide bonds. The third-order valence-electron chi connectivity index (χ3n) is 4.47. The van der Waals surface area contributed by atoms with Gasteiger partial charge in [-0.25, -0.2) is 0 Å². The van der Waals surface area contributed by atoms with Crippen molar-refractivity contribution in [1.82, 2.24) is 4.90 Å². The van der Waals surface area contributed by atoms with Crippen LogP contribution in [-0.2, 0) is 0 Å². The van der Waals surface area contributed by atoms with Gasteiger partial charge in [-0.3, -0.25) is 4.79 Å². The Hall–Kier alpha value is -2.49. The third kappa shape index (κ3) is 3.53. The number of piperazine rings is 1. The van der Waals surface area contributed by atoms with Crippen LogP contribution < -0.4 is 9.64 Å². The first-order valence-electron chi connectivity index (χ1n) is 8.33. The van der Waals surface area contributed by atoms with E-state index in [4.69, 9.17) is 4.74 Å². The molecule has 2 aromatic rings. The summed E-state index contributed by atoms with van der Waals surface area (Å²) in [7, 11) is 1.67. The Kier molecular flexibility index (Phi) is 4.74. The van der Waals surface area contributed by atoms with Crippen LogP contribution in [0.4, 0.5) is 5.69 Å². The maximum Gasteiger partial charge on any atom is 0.253 e. The quantitative estimate of drug-likeness (QED) is 0.869. The average Bonchev–Trinajstić information content (AvgIpc) is 2.60. The standard InChI is InChI=1S/C20H24N2O2/c1-15-12-16(2)14-17(13-15)20(23)22-10-8-21(9-11-22)18-4-6-19(24-3)7-5-18/h4-7,12-14H,8-11H2,1-3H3. The maximum absolute atomic E-state index is 12.7. The fourth-order valence-electron chi connectivity index (χ4n) is 3.24. The van der Waals surface area contributed by atoms with Gasteiger partial charge >= 0.3 is 0 Å². The summed E-state index contributed by atoms with van der Waals surface area (Å²) in [4.78, 5) is 17.0. The molecular formula is C20H24N2O2. The second kappa shape index (κ2) is 6.95. The molecule has 1 aliphatic rings. The number of benzene rings is 2. The topological polar surface area (TPSA) is 32.8 Å². The highest BCUT2D eigenvalue weighted by Gasteiger charge is 2.22. The monoisotopic (exact) mass is 324 g/mol. The van der Waals surface area contributed by atoms with Crippen LogP contribution >= 0.6 is 0 Å². The fourth-order valence-corrected chi connectivity index (χ4v) is 3.24. The number of hydrogen-bond donors (Lipinski definition) is 0. The van der Waals surface area contributed by atoms with E-state index in [0.29, 0.717) is 0 Å². The van der Waals surface area contributed by atoms with E-state index in [1.54, 1.807) is 7.11 Å². The normalized spacial score (nSPS) is 14.6. The molecule has 0 saturated carbocycles. The molecule has 1 heterocycles. The maximum atomic E-state index is 12.7. The van der Waals surface area contributed by atoms with E-state index in [0.717, 1.165) is 48.6 Å². The number of hydrogen-bond acceptors (Lipinski definition) is 3. The molecule has 0 unspecified atom stereocenters. The van der Waals surface area contributed by atoms with Gasteiger partial charge in [-0.1, -0.05) is 17.2 Å². The predicted molar refractivity (Wildman–Crippen MR) is 97.0 cm³/mol. The van der Waals surface area contributed by atoms with Crippen molar-refractivity contribution >= 4 is 11.6 Å². The summed E-state index contributed by atoms with van der Waals surface area (Å²) in [5, 5.41) is 0. The van der Waals surface area contributed by atoms with Crippen LogP contribution in [0.3, 0.4) is 0 Å². The smallest absolute Gasteiger partial charge is 0.253 e. The van der Waals surface area contributed by atoms with Gasteiger partial charge in [-0.05, 0) is 50.2 Å². The Bertz CT molecular complexity index is 697. The number of nitrogens with zero attached hydrogens (tertiary/aromatic N) is 2. The van der Waals surface area contributed by atoms with Crippen molar-refractivity contribution < 1.29 is 9.53 Å². The van der Waals surface area contributed by atoms with Gasteiger partial charge in [-0.2, -0.15) is 0 Å². The van der Waals surface area contributed by atoms with Crippen LogP contribution in [0.1, 0.15) is 21.5 Å². The van der Waals surface area contributed by atoms with E-state index in [1.807, 2.05) is 43.0 Å². The minimum absolute atomic E-state index is 0.135. The molecule has 0 spiro atoms. The number of carbonyl (C=O) groups is 1. The molecule has 24 heavy (non-hydrogen) atoms. The SMILES string of the molecule is COc1ccc(N2CCN(C(=O)c3cc(C)cc(C)c3)CC2)cc1. The molecule has 126 valence electrons. The van der Waals surface area contributed by atoms with Gasteiger partial charge < -0.3 is 14.5 Å². The molecule has 0 bridgehead atoms. The molecule has 3 rings (SSSR count). The molecule has 4 nitrogen and oxygen atoms in total. The number of anilines is 1. The van der Waals surface area contributed by atoms with Crippen LogP contribution in [0.25, 0.3) is 0 Å². The Balaban J connectivity index is 1.64. The molecule has 1 fully saturated rings. The van der Waals surface area contributed by atoms with E-state index in [1.165, 1.54) is 5.69 Å². The molecule has 0 atom stereocenters. The number of amides is 1. The summed E-state index contributed by atoms with van der Waals surface area (Å²) in [5.41, 5.74) is 4.24. The van der Waals surface area contributed by atoms with Gasteiger partial charge in [-0.15, -0.1) is 0 Å². The Morgan fingerprint density at radius 1 is 0.917 bits per heavy atom. The molecule has 0 radical (unpaired) electrons. The molecule has 1 saturated heterocycles. The van der Waals surface area contributed by atoms with Crippen molar-refractivity contribution in [2.24, 2.45) is 0 Å². The fraction of sp³-hybridized carbons (Fsp3) is 0.350. The second-order valence-electron chi connectivity index (χ2n) is 6.35. The largest absolute Gasteiger partial charge is 0.497 e. The lowest BCUT2D eigenvalue weighted by molar-refractivity contribution is 0.0746. The summed E-state index contributed by atoms with van der Waals surface area (Å²) >= 11 is 0. The lowest BCUT2D eigenvalue weighted by Crippen LogP contribution is -2.48. The minimum atomic E-state index is 0.135. The second-order valence-corrected chi connectivity index (χ2v) is 6.35. The number of aryl methyl sites for hydroxylation is 2. The molecule has 0 aromatic heterocycles. The van der Waals surface area contributed by atoms with E-state index in [9.17, 15) is 4.79 Å². The number of methoxy groups -OCH3 is 1. The van der Waals surface area contributed by atoms with Crippen molar-refractivity contribution in [2.45, 2.75) is 13.8 Å². The summed E-state index contributed by atoms with van der Waals surface area (Å²) < 4.78 is 5.20. The zero-order chi connectivity index (χ0) is 17.1. The Labute approximate surface area is 143 Å². The summed E-state index contributed by atoms with van der Waals surface area (Å²) in [5.74, 6) is 0.999. The molecule has 0 N–H and O–H groups in total. The zero-order valence-corrected chi connectivity index (χ0v) is 14.6. The van der Waals surface area contributed by atoms with Crippen molar-refractivity contribution in [1.29, 1.82) is 0 Å². The lowest BCUT2D eigenvalue weighted by Gasteiger charge is -2.36. The zero-order valence-electron chi connectivity index (χ0n) is 14.6. The molecule has 4 heteroatoms. The number of ether oxygens (including phenoxy) is 1.